The van der Waals surface area contributed by atoms with Crippen molar-refractivity contribution in [3.8, 4) is 0 Å². The van der Waals surface area contributed by atoms with Crippen molar-refractivity contribution in [1.29, 1.82) is 0 Å². The van der Waals surface area contributed by atoms with E-state index in [9.17, 15) is 0 Å². The van der Waals surface area contributed by atoms with E-state index in [4.69, 9.17) is 5.73 Å². The van der Waals surface area contributed by atoms with Crippen LogP contribution < -0.4 is 5.73 Å². The van der Waals surface area contributed by atoms with Crippen LogP contribution in [0.4, 0.5) is 0 Å². The molecule has 1 aromatic carbocycles. The second-order valence-electron chi connectivity index (χ2n) is 4.05. The number of fused-ring (bicyclic) bond motifs is 1. The summed E-state index contributed by atoms with van der Waals surface area (Å²) in [6.07, 6.45) is 2.62. The first kappa shape index (κ1) is 10.9. The lowest BCUT2D eigenvalue weighted by Gasteiger charge is -2.08. The van der Waals surface area contributed by atoms with Gasteiger partial charge in [0.2, 0.25) is 0 Å². The van der Waals surface area contributed by atoms with E-state index in [0.717, 1.165) is 5.92 Å². The molecule has 0 bridgehead atoms. The van der Waals surface area contributed by atoms with E-state index in [1.54, 1.807) is 0 Å². The van der Waals surface area contributed by atoms with Gasteiger partial charge in [-0.25, -0.2) is 0 Å². The third kappa shape index (κ3) is 1.89. The minimum Gasteiger partial charge on any atom is -0.324 e. The van der Waals surface area contributed by atoms with Gasteiger partial charge in [-0.3, -0.25) is 0 Å². The van der Waals surface area contributed by atoms with Gasteiger partial charge in [-0.05, 0) is 41.2 Å². The van der Waals surface area contributed by atoms with Crippen LogP contribution in [0.3, 0.4) is 0 Å². The van der Waals surface area contributed by atoms with Crippen LogP contribution in [0.1, 0.15) is 24.4 Å². The number of thiophene rings is 1. The molecule has 0 amide bonds. The van der Waals surface area contributed by atoms with Crippen molar-refractivity contribution in [2.45, 2.75) is 18.9 Å². The van der Waals surface area contributed by atoms with Gasteiger partial charge in [0, 0.05) is 10.7 Å². The van der Waals surface area contributed by atoms with E-state index < -0.39 is 0 Å². The van der Waals surface area contributed by atoms with Crippen LogP contribution in [0.5, 0.6) is 0 Å². The normalized spacial score (nSPS) is 17.4. The van der Waals surface area contributed by atoms with Crippen LogP contribution in [0.25, 0.3) is 10.1 Å². The third-order valence-corrected chi connectivity index (χ3v) is 3.98. The van der Waals surface area contributed by atoms with E-state index in [1.165, 1.54) is 28.5 Å². The maximum atomic E-state index is 6.22. The van der Waals surface area contributed by atoms with Crippen LogP contribution in [-0.2, 0) is 0 Å². The summed E-state index contributed by atoms with van der Waals surface area (Å²) in [5.74, 6) is 0.744. The SMILES string of the molecule is Cl.N[C@@H](c1csc2ccccc12)C1CC1. The zero-order chi connectivity index (χ0) is 9.54. The Kier molecular flexibility index (Phi) is 3.01. The van der Waals surface area contributed by atoms with E-state index in [1.807, 2.05) is 11.3 Å². The molecular formula is C12H14ClNS. The van der Waals surface area contributed by atoms with E-state index in [-0.39, 0.29) is 18.4 Å². The maximum absolute atomic E-state index is 6.22. The molecule has 1 aromatic heterocycles. The molecule has 80 valence electrons. The quantitative estimate of drug-likeness (QED) is 0.849. The van der Waals surface area contributed by atoms with Crippen molar-refractivity contribution in [3.05, 3.63) is 35.2 Å². The highest BCUT2D eigenvalue weighted by molar-refractivity contribution is 7.17. The average molecular weight is 240 g/mol. The second kappa shape index (κ2) is 4.12. The van der Waals surface area contributed by atoms with Crippen LogP contribution in [0.2, 0.25) is 0 Å². The van der Waals surface area contributed by atoms with Crippen LogP contribution in [0.15, 0.2) is 29.6 Å². The number of halogens is 1. The highest BCUT2D eigenvalue weighted by atomic mass is 35.5. The summed E-state index contributed by atoms with van der Waals surface area (Å²) in [4.78, 5) is 0. The van der Waals surface area contributed by atoms with Gasteiger partial charge in [0.1, 0.15) is 0 Å². The fourth-order valence-electron chi connectivity index (χ4n) is 1.97. The van der Waals surface area contributed by atoms with Crippen molar-refractivity contribution in [1.82, 2.24) is 0 Å². The Morgan fingerprint density at radius 1 is 1.27 bits per heavy atom. The molecule has 1 heterocycles. The van der Waals surface area contributed by atoms with Gasteiger partial charge in [-0.15, -0.1) is 23.7 Å². The summed E-state index contributed by atoms with van der Waals surface area (Å²) in [6, 6.07) is 8.81. The minimum absolute atomic E-state index is 0. The third-order valence-electron chi connectivity index (χ3n) is 3.00. The first-order valence-electron chi connectivity index (χ1n) is 5.08. The number of hydrogen-bond donors (Lipinski definition) is 1. The summed E-state index contributed by atoms with van der Waals surface area (Å²) in [6.45, 7) is 0. The van der Waals surface area contributed by atoms with E-state index >= 15 is 0 Å². The number of hydrogen-bond acceptors (Lipinski definition) is 2. The lowest BCUT2D eigenvalue weighted by atomic mass is 10.0. The Morgan fingerprint density at radius 3 is 2.73 bits per heavy atom. The topological polar surface area (TPSA) is 26.0 Å². The Morgan fingerprint density at radius 2 is 2.00 bits per heavy atom. The van der Waals surface area contributed by atoms with Crippen molar-refractivity contribution >= 4 is 33.8 Å². The molecule has 0 saturated heterocycles. The van der Waals surface area contributed by atoms with Gasteiger partial charge < -0.3 is 5.73 Å². The van der Waals surface area contributed by atoms with E-state index in [2.05, 4.69) is 29.6 Å². The van der Waals surface area contributed by atoms with Gasteiger partial charge in [-0.1, -0.05) is 18.2 Å². The van der Waals surface area contributed by atoms with Crippen molar-refractivity contribution in [3.63, 3.8) is 0 Å². The molecule has 1 nitrogen and oxygen atoms in total. The van der Waals surface area contributed by atoms with Gasteiger partial charge in [0.25, 0.3) is 0 Å². The predicted molar refractivity (Wildman–Crippen MR) is 68.7 cm³/mol. The second-order valence-corrected chi connectivity index (χ2v) is 4.96. The molecule has 2 N–H and O–H groups in total. The van der Waals surface area contributed by atoms with Gasteiger partial charge >= 0.3 is 0 Å². The molecule has 1 fully saturated rings. The standard InChI is InChI=1S/C12H13NS.ClH/c13-12(8-5-6-8)10-7-14-11-4-2-1-3-9(10)11;/h1-4,7-8,12H,5-6,13H2;1H/t12-;/m1./s1. The highest BCUT2D eigenvalue weighted by Crippen LogP contribution is 2.42. The lowest BCUT2D eigenvalue weighted by Crippen LogP contribution is -2.11. The monoisotopic (exact) mass is 239 g/mol. The lowest BCUT2D eigenvalue weighted by molar-refractivity contribution is 0.640. The zero-order valence-electron chi connectivity index (χ0n) is 8.35. The fourth-order valence-corrected chi connectivity index (χ4v) is 2.97. The smallest absolute Gasteiger partial charge is 0.0346 e. The molecule has 3 heteroatoms. The Hall–Kier alpha value is -0.570. The largest absolute Gasteiger partial charge is 0.324 e. The van der Waals surface area contributed by atoms with Crippen molar-refractivity contribution in [2.24, 2.45) is 11.7 Å². The zero-order valence-corrected chi connectivity index (χ0v) is 9.98. The first-order chi connectivity index (χ1) is 6.86. The molecule has 3 rings (SSSR count). The van der Waals surface area contributed by atoms with Crippen molar-refractivity contribution < 1.29 is 0 Å². The number of benzene rings is 1. The van der Waals surface area contributed by atoms with Crippen LogP contribution in [-0.4, -0.2) is 0 Å². The molecule has 0 radical (unpaired) electrons. The van der Waals surface area contributed by atoms with Gasteiger partial charge in [-0.2, -0.15) is 0 Å². The molecular weight excluding hydrogens is 226 g/mol. The van der Waals surface area contributed by atoms with Gasteiger partial charge in [0.05, 0.1) is 0 Å². The Labute approximate surface area is 99.7 Å². The molecule has 1 atom stereocenters. The molecule has 0 unspecified atom stereocenters. The Bertz CT molecular complexity index is 461. The van der Waals surface area contributed by atoms with Crippen LogP contribution in [0, 0.1) is 5.92 Å². The highest BCUT2D eigenvalue weighted by Gasteiger charge is 2.30. The average Bonchev–Trinajstić information content (AvgIpc) is 2.97. The molecule has 0 spiro atoms. The molecule has 1 aliphatic rings. The molecule has 1 saturated carbocycles. The maximum Gasteiger partial charge on any atom is 0.0346 e. The predicted octanol–water partition coefficient (Wildman–Crippen LogP) is 3.73. The summed E-state index contributed by atoms with van der Waals surface area (Å²) < 4.78 is 1.36. The molecule has 0 aliphatic heterocycles. The van der Waals surface area contributed by atoms with Gasteiger partial charge in [0.15, 0.2) is 0 Å². The fraction of sp³-hybridized carbons (Fsp3) is 0.333. The summed E-state index contributed by atoms with van der Waals surface area (Å²) in [5, 5.41) is 3.59. The summed E-state index contributed by atoms with van der Waals surface area (Å²) in [5.41, 5.74) is 7.57. The molecule has 15 heavy (non-hydrogen) atoms. The molecule has 1 aliphatic carbocycles. The summed E-state index contributed by atoms with van der Waals surface area (Å²) >= 11 is 1.81. The number of rotatable bonds is 2. The molecule has 2 aromatic rings. The minimum atomic E-state index is 0. The number of nitrogens with two attached hydrogens (primary N) is 1. The Balaban J connectivity index is 0.000000853. The van der Waals surface area contributed by atoms with Crippen molar-refractivity contribution in [2.75, 3.05) is 0 Å². The first-order valence-corrected chi connectivity index (χ1v) is 5.96. The van der Waals surface area contributed by atoms with E-state index in [0.29, 0.717) is 0 Å². The van der Waals surface area contributed by atoms with Crippen LogP contribution >= 0.6 is 23.7 Å². The summed E-state index contributed by atoms with van der Waals surface area (Å²) in [7, 11) is 0.